The molecule has 0 saturated heterocycles. The van der Waals surface area contributed by atoms with Crippen molar-refractivity contribution in [2.45, 2.75) is 39.0 Å². The molecule has 2 N–H and O–H groups in total. The van der Waals surface area contributed by atoms with Crippen LogP contribution < -0.4 is 10.6 Å². The van der Waals surface area contributed by atoms with Crippen LogP contribution in [-0.4, -0.2) is 19.0 Å². The molecule has 1 aromatic carbocycles. The van der Waals surface area contributed by atoms with E-state index in [0.717, 1.165) is 37.9 Å². The van der Waals surface area contributed by atoms with Gasteiger partial charge in [-0.25, -0.2) is 0 Å². The Morgan fingerprint density at radius 2 is 2.28 bits per heavy atom. The third kappa shape index (κ3) is 2.72. The standard InChI is InChI=1S/C15H22N2O/c1-2-15(18)17-10-4-6-13-8-7-12(5-3-9-16)11-14(13)17/h7-8,11H,2-6,9-10,16H2,1H3. The molecule has 0 saturated carbocycles. The average molecular weight is 246 g/mol. The fourth-order valence-corrected chi connectivity index (χ4v) is 2.53. The van der Waals surface area contributed by atoms with Crippen molar-refractivity contribution in [3.8, 4) is 0 Å². The highest BCUT2D eigenvalue weighted by Crippen LogP contribution is 2.29. The largest absolute Gasteiger partial charge is 0.330 e. The SMILES string of the molecule is CCC(=O)N1CCCc2ccc(CCCN)cc21. The molecule has 0 spiro atoms. The lowest BCUT2D eigenvalue weighted by Gasteiger charge is -2.30. The lowest BCUT2D eigenvalue weighted by molar-refractivity contribution is -0.118. The van der Waals surface area contributed by atoms with Crippen molar-refractivity contribution in [2.24, 2.45) is 5.73 Å². The van der Waals surface area contributed by atoms with Gasteiger partial charge in [-0.3, -0.25) is 4.79 Å². The van der Waals surface area contributed by atoms with Crippen LogP contribution in [0.1, 0.15) is 37.3 Å². The summed E-state index contributed by atoms with van der Waals surface area (Å²) in [6.07, 6.45) is 4.73. The van der Waals surface area contributed by atoms with Crippen LogP contribution >= 0.6 is 0 Å². The molecular weight excluding hydrogens is 224 g/mol. The number of rotatable bonds is 4. The summed E-state index contributed by atoms with van der Waals surface area (Å²) in [4.78, 5) is 13.9. The van der Waals surface area contributed by atoms with Gasteiger partial charge in [-0.05, 0) is 49.4 Å². The normalized spacial score (nSPS) is 14.4. The maximum Gasteiger partial charge on any atom is 0.226 e. The summed E-state index contributed by atoms with van der Waals surface area (Å²) in [5.74, 6) is 0.229. The first-order valence-corrected chi connectivity index (χ1v) is 6.88. The summed E-state index contributed by atoms with van der Waals surface area (Å²) in [6, 6.07) is 6.53. The van der Waals surface area contributed by atoms with E-state index in [4.69, 9.17) is 5.73 Å². The molecule has 1 heterocycles. The Morgan fingerprint density at radius 1 is 1.44 bits per heavy atom. The van der Waals surface area contributed by atoms with Crippen molar-refractivity contribution < 1.29 is 4.79 Å². The Hall–Kier alpha value is -1.35. The number of amides is 1. The molecule has 0 fully saturated rings. The van der Waals surface area contributed by atoms with Crippen molar-refractivity contribution in [1.29, 1.82) is 0 Å². The van der Waals surface area contributed by atoms with E-state index in [2.05, 4.69) is 18.2 Å². The minimum absolute atomic E-state index is 0.229. The van der Waals surface area contributed by atoms with Crippen LogP contribution in [0, 0.1) is 0 Å². The molecule has 1 aromatic rings. The molecule has 0 aromatic heterocycles. The highest BCUT2D eigenvalue weighted by molar-refractivity contribution is 5.94. The van der Waals surface area contributed by atoms with Crippen LogP contribution in [-0.2, 0) is 17.6 Å². The van der Waals surface area contributed by atoms with Gasteiger partial charge in [-0.1, -0.05) is 19.1 Å². The van der Waals surface area contributed by atoms with Crippen molar-refractivity contribution in [1.82, 2.24) is 0 Å². The summed E-state index contributed by atoms with van der Waals surface area (Å²) in [6.45, 7) is 3.50. The first-order valence-electron chi connectivity index (χ1n) is 6.88. The average Bonchev–Trinajstić information content (AvgIpc) is 2.43. The predicted octanol–water partition coefficient (Wildman–Crippen LogP) is 2.27. The molecule has 0 radical (unpaired) electrons. The summed E-state index contributed by atoms with van der Waals surface area (Å²) in [7, 11) is 0. The van der Waals surface area contributed by atoms with Crippen LogP contribution in [0.2, 0.25) is 0 Å². The van der Waals surface area contributed by atoms with E-state index in [9.17, 15) is 4.79 Å². The minimum atomic E-state index is 0.229. The number of hydrogen-bond acceptors (Lipinski definition) is 2. The zero-order valence-electron chi connectivity index (χ0n) is 11.1. The number of hydrogen-bond donors (Lipinski definition) is 1. The van der Waals surface area contributed by atoms with E-state index >= 15 is 0 Å². The summed E-state index contributed by atoms with van der Waals surface area (Å²) in [5.41, 5.74) is 9.27. The Balaban J connectivity index is 2.26. The molecule has 3 nitrogen and oxygen atoms in total. The number of carbonyl (C=O) groups excluding carboxylic acids is 1. The molecule has 0 atom stereocenters. The number of benzene rings is 1. The predicted molar refractivity (Wildman–Crippen MR) is 74.8 cm³/mol. The highest BCUT2D eigenvalue weighted by Gasteiger charge is 2.21. The van der Waals surface area contributed by atoms with Gasteiger partial charge < -0.3 is 10.6 Å². The molecule has 18 heavy (non-hydrogen) atoms. The van der Waals surface area contributed by atoms with Gasteiger partial charge in [0.05, 0.1) is 0 Å². The monoisotopic (exact) mass is 246 g/mol. The van der Waals surface area contributed by atoms with E-state index in [1.165, 1.54) is 11.1 Å². The molecule has 1 amide bonds. The number of aryl methyl sites for hydroxylation is 2. The van der Waals surface area contributed by atoms with Gasteiger partial charge in [0.25, 0.3) is 0 Å². The molecule has 0 bridgehead atoms. The molecule has 0 aliphatic carbocycles. The Bertz CT molecular complexity index is 429. The zero-order chi connectivity index (χ0) is 13.0. The third-order valence-electron chi connectivity index (χ3n) is 3.54. The van der Waals surface area contributed by atoms with Gasteiger partial charge in [-0.2, -0.15) is 0 Å². The van der Waals surface area contributed by atoms with Crippen molar-refractivity contribution in [2.75, 3.05) is 18.0 Å². The first-order chi connectivity index (χ1) is 8.76. The van der Waals surface area contributed by atoms with Crippen molar-refractivity contribution in [3.63, 3.8) is 0 Å². The van der Waals surface area contributed by atoms with Crippen LogP contribution in [0.25, 0.3) is 0 Å². The van der Waals surface area contributed by atoms with Gasteiger partial charge in [0, 0.05) is 18.7 Å². The molecule has 98 valence electrons. The lowest BCUT2D eigenvalue weighted by Crippen LogP contribution is -2.35. The molecule has 1 aliphatic rings. The molecule has 2 rings (SSSR count). The van der Waals surface area contributed by atoms with Crippen LogP contribution in [0.15, 0.2) is 18.2 Å². The first kappa shape index (κ1) is 13.1. The molecule has 3 heteroatoms. The topological polar surface area (TPSA) is 46.3 Å². The minimum Gasteiger partial charge on any atom is -0.330 e. The summed E-state index contributed by atoms with van der Waals surface area (Å²) in [5, 5.41) is 0. The summed E-state index contributed by atoms with van der Waals surface area (Å²) >= 11 is 0. The van der Waals surface area contributed by atoms with E-state index in [1.807, 2.05) is 11.8 Å². The number of carbonyl (C=O) groups is 1. The van der Waals surface area contributed by atoms with Gasteiger partial charge in [0.1, 0.15) is 0 Å². The second-order valence-corrected chi connectivity index (χ2v) is 4.86. The van der Waals surface area contributed by atoms with Crippen LogP contribution in [0.4, 0.5) is 5.69 Å². The molecular formula is C15H22N2O. The number of nitrogens with zero attached hydrogens (tertiary/aromatic N) is 1. The Morgan fingerprint density at radius 3 is 3.00 bits per heavy atom. The van der Waals surface area contributed by atoms with Crippen LogP contribution in [0.3, 0.4) is 0 Å². The maximum atomic E-state index is 12.0. The number of nitrogens with two attached hydrogens (primary N) is 1. The van der Waals surface area contributed by atoms with Gasteiger partial charge >= 0.3 is 0 Å². The molecule has 0 unspecified atom stereocenters. The fourth-order valence-electron chi connectivity index (χ4n) is 2.53. The van der Waals surface area contributed by atoms with E-state index in [-0.39, 0.29) is 5.91 Å². The van der Waals surface area contributed by atoms with Gasteiger partial charge in [0.2, 0.25) is 5.91 Å². The van der Waals surface area contributed by atoms with E-state index < -0.39 is 0 Å². The van der Waals surface area contributed by atoms with Crippen molar-refractivity contribution >= 4 is 11.6 Å². The Labute approximate surface area is 109 Å². The van der Waals surface area contributed by atoms with E-state index in [1.54, 1.807) is 0 Å². The number of fused-ring (bicyclic) bond motifs is 1. The lowest BCUT2D eigenvalue weighted by atomic mass is 9.97. The second kappa shape index (κ2) is 6.01. The second-order valence-electron chi connectivity index (χ2n) is 4.86. The summed E-state index contributed by atoms with van der Waals surface area (Å²) < 4.78 is 0. The quantitative estimate of drug-likeness (QED) is 0.886. The molecule has 1 aliphatic heterocycles. The third-order valence-corrected chi connectivity index (χ3v) is 3.54. The smallest absolute Gasteiger partial charge is 0.226 e. The fraction of sp³-hybridized carbons (Fsp3) is 0.533. The highest BCUT2D eigenvalue weighted by atomic mass is 16.2. The van der Waals surface area contributed by atoms with Crippen molar-refractivity contribution in [3.05, 3.63) is 29.3 Å². The zero-order valence-corrected chi connectivity index (χ0v) is 11.1. The van der Waals surface area contributed by atoms with Crippen LogP contribution in [0.5, 0.6) is 0 Å². The Kier molecular flexibility index (Phi) is 4.37. The van der Waals surface area contributed by atoms with Gasteiger partial charge in [0.15, 0.2) is 0 Å². The van der Waals surface area contributed by atoms with E-state index in [0.29, 0.717) is 13.0 Å². The van der Waals surface area contributed by atoms with Gasteiger partial charge in [-0.15, -0.1) is 0 Å². The maximum absolute atomic E-state index is 12.0. The number of anilines is 1.